The molecule has 9 heteroatoms. The van der Waals surface area contributed by atoms with Crippen LogP contribution in [0.1, 0.15) is 18.1 Å². The summed E-state index contributed by atoms with van der Waals surface area (Å²) in [7, 11) is 1.56. The summed E-state index contributed by atoms with van der Waals surface area (Å²) >= 11 is 0. The van der Waals surface area contributed by atoms with Crippen LogP contribution in [0.25, 0.3) is 0 Å². The summed E-state index contributed by atoms with van der Waals surface area (Å²) in [5.41, 5.74) is 2.41. The zero-order chi connectivity index (χ0) is 20.4. The number of anilines is 1. The van der Waals surface area contributed by atoms with E-state index < -0.39 is 6.61 Å². The van der Waals surface area contributed by atoms with E-state index >= 15 is 0 Å². The highest BCUT2D eigenvalue weighted by Gasteiger charge is 2.10. The molecular formula is C20H25F2IN4O2. The van der Waals surface area contributed by atoms with Crippen LogP contribution in [-0.4, -0.2) is 32.1 Å². The van der Waals surface area contributed by atoms with Gasteiger partial charge in [0.15, 0.2) is 5.96 Å². The number of alkyl halides is 2. The van der Waals surface area contributed by atoms with Crippen LogP contribution in [0.15, 0.2) is 53.5 Å². The van der Waals surface area contributed by atoms with Crippen molar-refractivity contribution in [2.24, 2.45) is 4.99 Å². The van der Waals surface area contributed by atoms with Gasteiger partial charge in [-0.25, -0.2) is 0 Å². The normalized spacial score (nSPS) is 10.9. The van der Waals surface area contributed by atoms with E-state index in [9.17, 15) is 13.6 Å². The van der Waals surface area contributed by atoms with Crippen LogP contribution in [0, 0.1) is 0 Å². The maximum Gasteiger partial charge on any atom is 0.387 e. The lowest BCUT2D eigenvalue weighted by Gasteiger charge is -2.14. The van der Waals surface area contributed by atoms with Gasteiger partial charge < -0.3 is 20.7 Å². The number of nitrogens with one attached hydrogen (secondary N) is 3. The van der Waals surface area contributed by atoms with Crippen molar-refractivity contribution < 1.29 is 18.3 Å². The van der Waals surface area contributed by atoms with E-state index in [-0.39, 0.29) is 48.7 Å². The van der Waals surface area contributed by atoms with Gasteiger partial charge in [0, 0.05) is 24.8 Å². The van der Waals surface area contributed by atoms with Gasteiger partial charge in [-0.15, -0.1) is 24.0 Å². The van der Waals surface area contributed by atoms with E-state index in [1.807, 2.05) is 31.2 Å². The van der Waals surface area contributed by atoms with Crippen LogP contribution >= 0.6 is 24.0 Å². The molecule has 0 aliphatic carbocycles. The molecule has 158 valence electrons. The number of para-hydroxylation sites is 1. The van der Waals surface area contributed by atoms with Gasteiger partial charge in [-0.1, -0.05) is 37.3 Å². The minimum Gasteiger partial charge on any atom is -0.434 e. The molecule has 1 amide bonds. The summed E-state index contributed by atoms with van der Waals surface area (Å²) in [6.07, 6.45) is 0.884. The van der Waals surface area contributed by atoms with Crippen molar-refractivity contribution in [2.75, 3.05) is 18.9 Å². The number of halogens is 3. The summed E-state index contributed by atoms with van der Waals surface area (Å²) in [6, 6.07) is 14.1. The SMILES string of the molecule is CCc1cccc(NC(=O)CNC(=NC)NCc2ccccc2OC(F)F)c1.I. The summed E-state index contributed by atoms with van der Waals surface area (Å²) < 4.78 is 29.5. The molecule has 0 saturated carbocycles. The Morgan fingerprint density at radius 2 is 1.90 bits per heavy atom. The van der Waals surface area contributed by atoms with Crippen molar-refractivity contribution in [3.8, 4) is 5.75 Å². The predicted molar refractivity (Wildman–Crippen MR) is 121 cm³/mol. The fourth-order valence-electron chi connectivity index (χ4n) is 2.50. The summed E-state index contributed by atoms with van der Waals surface area (Å²) in [5.74, 6) is 0.232. The Morgan fingerprint density at radius 1 is 1.14 bits per heavy atom. The zero-order valence-corrected chi connectivity index (χ0v) is 18.6. The number of carbonyl (C=O) groups is 1. The van der Waals surface area contributed by atoms with E-state index in [0.29, 0.717) is 11.5 Å². The first-order chi connectivity index (χ1) is 13.5. The molecular weight excluding hydrogens is 493 g/mol. The second kappa shape index (κ2) is 12.9. The van der Waals surface area contributed by atoms with E-state index in [2.05, 4.69) is 25.7 Å². The number of guanidine groups is 1. The maximum absolute atomic E-state index is 12.5. The lowest BCUT2D eigenvalue weighted by atomic mass is 10.1. The second-order valence-corrected chi connectivity index (χ2v) is 5.87. The lowest BCUT2D eigenvalue weighted by Crippen LogP contribution is -2.41. The quantitative estimate of drug-likeness (QED) is 0.283. The monoisotopic (exact) mass is 518 g/mol. The minimum absolute atomic E-state index is 0. The molecule has 0 aliphatic heterocycles. The second-order valence-electron chi connectivity index (χ2n) is 5.87. The van der Waals surface area contributed by atoms with Gasteiger partial charge in [0.05, 0.1) is 6.54 Å². The average molecular weight is 518 g/mol. The fourth-order valence-corrected chi connectivity index (χ4v) is 2.50. The third-order valence-electron chi connectivity index (χ3n) is 3.89. The number of carbonyl (C=O) groups excluding carboxylic acids is 1. The number of aryl methyl sites for hydroxylation is 1. The molecule has 0 heterocycles. The molecule has 6 nitrogen and oxygen atoms in total. The van der Waals surface area contributed by atoms with Gasteiger partial charge in [0.1, 0.15) is 5.75 Å². The molecule has 29 heavy (non-hydrogen) atoms. The Kier molecular flexibility index (Phi) is 11.0. The number of nitrogens with zero attached hydrogens (tertiary/aromatic N) is 1. The molecule has 0 spiro atoms. The minimum atomic E-state index is -2.89. The summed E-state index contributed by atoms with van der Waals surface area (Å²) in [6.45, 7) is -0.634. The Bertz CT molecular complexity index is 819. The Hall–Kier alpha value is -2.43. The first-order valence-electron chi connectivity index (χ1n) is 8.87. The number of ether oxygens (including phenoxy) is 1. The molecule has 0 aromatic heterocycles. The molecule has 2 rings (SSSR count). The van der Waals surface area contributed by atoms with Gasteiger partial charge >= 0.3 is 6.61 Å². The Labute approximate surface area is 186 Å². The van der Waals surface area contributed by atoms with E-state index in [1.54, 1.807) is 25.2 Å². The molecule has 0 atom stereocenters. The molecule has 2 aromatic carbocycles. The predicted octanol–water partition coefficient (Wildman–Crippen LogP) is 3.77. The van der Waals surface area contributed by atoms with E-state index in [1.165, 1.54) is 6.07 Å². The highest BCUT2D eigenvalue weighted by Crippen LogP contribution is 2.19. The van der Waals surface area contributed by atoms with Crippen LogP contribution in [0.3, 0.4) is 0 Å². The lowest BCUT2D eigenvalue weighted by molar-refractivity contribution is -0.115. The van der Waals surface area contributed by atoms with Crippen molar-refractivity contribution in [2.45, 2.75) is 26.5 Å². The van der Waals surface area contributed by atoms with Crippen LogP contribution in [0.5, 0.6) is 5.75 Å². The molecule has 0 radical (unpaired) electrons. The van der Waals surface area contributed by atoms with Crippen LogP contribution in [0.4, 0.5) is 14.5 Å². The van der Waals surface area contributed by atoms with E-state index in [0.717, 1.165) is 17.7 Å². The first kappa shape index (κ1) is 24.6. The number of amides is 1. The van der Waals surface area contributed by atoms with Crippen molar-refractivity contribution in [1.82, 2.24) is 10.6 Å². The van der Waals surface area contributed by atoms with Crippen LogP contribution < -0.4 is 20.7 Å². The highest BCUT2D eigenvalue weighted by atomic mass is 127. The molecule has 0 bridgehead atoms. The van der Waals surface area contributed by atoms with Crippen molar-refractivity contribution >= 4 is 41.5 Å². The van der Waals surface area contributed by atoms with Crippen LogP contribution in [0.2, 0.25) is 0 Å². The molecule has 2 aromatic rings. The van der Waals surface area contributed by atoms with Gasteiger partial charge in [0.25, 0.3) is 0 Å². The number of hydrogen-bond acceptors (Lipinski definition) is 3. The molecule has 3 N–H and O–H groups in total. The number of benzene rings is 2. The smallest absolute Gasteiger partial charge is 0.387 e. The number of rotatable bonds is 8. The molecule has 0 aliphatic rings. The fraction of sp³-hybridized carbons (Fsp3) is 0.300. The maximum atomic E-state index is 12.5. The van der Waals surface area contributed by atoms with Gasteiger partial charge in [-0.3, -0.25) is 9.79 Å². The van der Waals surface area contributed by atoms with E-state index in [4.69, 9.17) is 0 Å². The molecule has 0 fully saturated rings. The summed E-state index contributed by atoms with van der Waals surface area (Å²) in [5, 5.41) is 8.67. The zero-order valence-electron chi connectivity index (χ0n) is 16.2. The number of hydrogen-bond donors (Lipinski definition) is 3. The van der Waals surface area contributed by atoms with Crippen LogP contribution in [-0.2, 0) is 17.8 Å². The van der Waals surface area contributed by atoms with Gasteiger partial charge in [-0.05, 0) is 30.2 Å². The third kappa shape index (κ3) is 8.63. The Morgan fingerprint density at radius 3 is 2.59 bits per heavy atom. The molecule has 0 unspecified atom stereocenters. The van der Waals surface area contributed by atoms with Crippen molar-refractivity contribution in [1.29, 1.82) is 0 Å². The highest BCUT2D eigenvalue weighted by molar-refractivity contribution is 14.0. The topological polar surface area (TPSA) is 74.8 Å². The standard InChI is InChI=1S/C20H24F2N4O2.HI/c1-3-14-7-6-9-16(11-14)26-18(27)13-25-20(23-2)24-12-15-8-4-5-10-17(15)28-19(21)22;/h4-11,19H,3,12-13H2,1-2H3,(H,26,27)(H2,23,24,25);1H. The van der Waals surface area contributed by atoms with Crippen molar-refractivity contribution in [3.05, 3.63) is 59.7 Å². The first-order valence-corrected chi connectivity index (χ1v) is 8.87. The summed E-state index contributed by atoms with van der Waals surface area (Å²) in [4.78, 5) is 16.1. The average Bonchev–Trinajstić information content (AvgIpc) is 2.69. The number of aliphatic imine (C=N–C) groups is 1. The Balaban J connectivity index is 0.00000420. The van der Waals surface area contributed by atoms with Gasteiger partial charge in [0.2, 0.25) is 5.91 Å². The largest absolute Gasteiger partial charge is 0.434 e. The molecule has 0 saturated heterocycles. The third-order valence-corrected chi connectivity index (χ3v) is 3.89. The van der Waals surface area contributed by atoms with Gasteiger partial charge in [-0.2, -0.15) is 8.78 Å². The van der Waals surface area contributed by atoms with Crippen molar-refractivity contribution in [3.63, 3.8) is 0 Å².